The molecule has 5 heteroatoms. The largest absolute Gasteiger partial charge is 0.341 e. The molecule has 0 spiro atoms. The van der Waals surface area contributed by atoms with Crippen molar-refractivity contribution in [1.82, 2.24) is 15.3 Å². The van der Waals surface area contributed by atoms with Gasteiger partial charge >= 0.3 is 0 Å². The molecule has 1 amide bonds. The fraction of sp³-hybridized carbons (Fsp3) is 0.200. The predicted molar refractivity (Wildman–Crippen MR) is 74.1 cm³/mol. The number of hydrogen-bond acceptors (Lipinski definition) is 4. The molecule has 2 aromatic rings. The van der Waals surface area contributed by atoms with Crippen molar-refractivity contribution in [1.29, 1.82) is 0 Å². The Balaban J connectivity index is 2.04. The molecule has 102 valence electrons. The van der Waals surface area contributed by atoms with E-state index in [1.54, 1.807) is 31.5 Å². The summed E-state index contributed by atoms with van der Waals surface area (Å²) in [6.45, 7) is 3.72. The van der Waals surface area contributed by atoms with Crippen LogP contribution >= 0.6 is 0 Å². The number of rotatable bonds is 4. The van der Waals surface area contributed by atoms with Crippen LogP contribution in [-0.2, 0) is 4.79 Å². The van der Waals surface area contributed by atoms with Crippen molar-refractivity contribution in [2.45, 2.75) is 19.9 Å². The first kappa shape index (κ1) is 13.9. The fourth-order valence-corrected chi connectivity index (χ4v) is 1.70. The lowest BCUT2D eigenvalue weighted by Crippen LogP contribution is -2.33. The highest BCUT2D eigenvalue weighted by Crippen LogP contribution is 2.10. The van der Waals surface area contributed by atoms with Gasteiger partial charge in [0.2, 0.25) is 0 Å². The first-order valence-electron chi connectivity index (χ1n) is 6.25. The highest BCUT2D eigenvalue weighted by Gasteiger charge is 2.19. The molecule has 0 fully saturated rings. The first-order chi connectivity index (χ1) is 9.58. The number of pyridine rings is 2. The lowest BCUT2D eigenvalue weighted by Gasteiger charge is -2.12. The Labute approximate surface area is 117 Å². The van der Waals surface area contributed by atoms with E-state index < -0.39 is 11.7 Å². The molecule has 1 N–H and O–H groups in total. The average molecular weight is 269 g/mol. The Morgan fingerprint density at radius 3 is 2.60 bits per heavy atom. The molecule has 1 unspecified atom stereocenters. The van der Waals surface area contributed by atoms with Gasteiger partial charge in [-0.15, -0.1) is 0 Å². The van der Waals surface area contributed by atoms with E-state index in [1.807, 2.05) is 19.1 Å². The molecule has 0 radical (unpaired) electrons. The normalized spacial score (nSPS) is 11.7. The molecule has 0 bridgehead atoms. The number of amides is 1. The van der Waals surface area contributed by atoms with Crippen molar-refractivity contribution in [3.05, 3.63) is 59.7 Å². The topological polar surface area (TPSA) is 72.0 Å². The van der Waals surface area contributed by atoms with Gasteiger partial charge in [0.25, 0.3) is 11.7 Å². The highest BCUT2D eigenvalue weighted by molar-refractivity contribution is 6.42. The van der Waals surface area contributed by atoms with E-state index in [2.05, 4.69) is 15.3 Å². The summed E-state index contributed by atoms with van der Waals surface area (Å²) >= 11 is 0. The number of carbonyl (C=O) groups excluding carboxylic acids is 2. The Morgan fingerprint density at radius 2 is 2.00 bits per heavy atom. The third-order valence-corrected chi connectivity index (χ3v) is 2.86. The van der Waals surface area contributed by atoms with E-state index in [0.717, 1.165) is 5.56 Å². The molecule has 2 heterocycles. The van der Waals surface area contributed by atoms with Crippen molar-refractivity contribution in [3.8, 4) is 0 Å². The van der Waals surface area contributed by atoms with Crippen LogP contribution in [0.15, 0.2) is 42.9 Å². The van der Waals surface area contributed by atoms with Crippen LogP contribution in [0.25, 0.3) is 0 Å². The molecule has 0 aliphatic carbocycles. The zero-order chi connectivity index (χ0) is 14.5. The molecule has 20 heavy (non-hydrogen) atoms. The van der Waals surface area contributed by atoms with Crippen LogP contribution in [0.1, 0.15) is 34.6 Å². The number of nitrogens with one attached hydrogen (secondary N) is 1. The quantitative estimate of drug-likeness (QED) is 0.679. The van der Waals surface area contributed by atoms with Gasteiger partial charge < -0.3 is 5.32 Å². The van der Waals surface area contributed by atoms with Crippen LogP contribution in [0.2, 0.25) is 0 Å². The van der Waals surface area contributed by atoms with Crippen LogP contribution in [-0.4, -0.2) is 21.7 Å². The third-order valence-electron chi connectivity index (χ3n) is 2.86. The van der Waals surface area contributed by atoms with Gasteiger partial charge in [0.15, 0.2) is 0 Å². The maximum absolute atomic E-state index is 11.9. The van der Waals surface area contributed by atoms with E-state index in [-0.39, 0.29) is 11.6 Å². The number of aromatic nitrogens is 2. The predicted octanol–water partition coefficient (Wildman–Crippen LogP) is 1.85. The standard InChI is InChI=1S/C15H15N3O2/c1-10-5-6-13(17-8-10)11(2)18-15(20)14(19)12-4-3-7-16-9-12/h3-9,11H,1-2H3,(H,18,20). The first-order valence-corrected chi connectivity index (χ1v) is 6.25. The van der Waals surface area contributed by atoms with Crippen molar-refractivity contribution in [2.75, 3.05) is 0 Å². The molecular weight excluding hydrogens is 254 g/mol. The second-order valence-electron chi connectivity index (χ2n) is 4.53. The zero-order valence-corrected chi connectivity index (χ0v) is 11.3. The van der Waals surface area contributed by atoms with Gasteiger partial charge in [0.05, 0.1) is 11.7 Å². The molecule has 5 nitrogen and oxygen atoms in total. The lowest BCUT2D eigenvalue weighted by molar-refractivity contribution is -0.117. The summed E-state index contributed by atoms with van der Waals surface area (Å²) in [6, 6.07) is 6.58. The van der Waals surface area contributed by atoms with Crippen LogP contribution in [0.4, 0.5) is 0 Å². The van der Waals surface area contributed by atoms with Gasteiger partial charge in [0.1, 0.15) is 0 Å². The molecule has 2 rings (SSSR count). The molecule has 2 aromatic heterocycles. The number of Topliss-reactive ketones (excluding diaryl/α,β-unsaturated/α-hetero) is 1. The number of carbonyl (C=O) groups is 2. The second-order valence-corrected chi connectivity index (χ2v) is 4.53. The van der Waals surface area contributed by atoms with Gasteiger partial charge in [-0.25, -0.2) is 0 Å². The van der Waals surface area contributed by atoms with Gasteiger partial charge in [-0.3, -0.25) is 19.6 Å². The Kier molecular flexibility index (Phi) is 4.20. The average Bonchev–Trinajstić information content (AvgIpc) is 2.48. The Bertz CT molecular complexity index is 609. The van der Waals surface area contributed by atoms with E-state index >= 15 is 0 Å². The maximum atomic E-state index is 11.9. The summed E-state index contributed by atoms with van der Waals surface area (Å²) in [5, 5.41) is 2.64. The van der Waals surface area contributed by atoms with Gasteiger partial charge in [-0.05, 0) is 37.6 Å². The van der Waals surface area contributed by atoms with Crippen molar-refractivity contribution in [2.24, 2.45) is 0 Å². The summed E-state index contributed by atoms with van der Waals surface area (Å²) < 4.78 is 0. The molecule has 0 saturated heterocycles. The van der Waals surface area contributed by atoms with Crippen LogP contribution < -0.4 is 5.32 Å². The number of ketones is 1. The molecule has 0 aliphatic heterocycles. The van der Waals surface area contributed by atoms with E-state index in [0.29, 0.717) is 5.69 Å². The number of nitrogens with zero attached hydrogens (tertiary/aromatic N) is 2. The molecule has 0 aliphatic rings. The third kappa shape index (κ3) is 3.26. The Morgan fingerprint density at radius 1 is 1.20 bits per heavy atom. The Hall–Kier alpha value is -2.56. The van der Waals surface area contributed by atoms with E-state index in [4.69, 9.17) is 0 Å². The molecular formula is C15H15N3O2. The van der Waals surface area contributed by atoms with Crippen LogP contribution in [0, 0.1) is 6.92 Å². The number of aryl methyl sites for hydroxylation is 1. The van der Waals surface area contributed by atoms with Crippen LogP contribution in [0.3, 0.4) is 0 Å². The van der Waals surface area contributed by atoms with Gasteiger partial charge in [0, 0.05) is 24.2 Å². The van der Waals surface area contributed by atoms with E-state index in [1.165, 1.54) is 6.20 Å². The van der Waals surface area contributed by atoms with Gasteiger partial charge in [-0.2, -0.15) is 0 Å². The van der Waals surface area contributed by atoms with Crippen molar-refractivity contribution in [3.63, 3.8) is 0 Å². The summed E-state index contributed by atoms with van der Waals surface area (Å²) in [4.78, 5) is 31.8. The minimum Gasteiger partial charge on any atom is -0.341 e. The van der Waals surface area contributed by atoms with Crippen molar-refractivity contribution < 1.29 is 9.59 Å². The monoisotopic (exact) mass is 269 g/mol. The zero-order valence-electron chi connectivity index (χ0n) is 11.3. The molecule has 1 atom stereocenters. The molecule has 0 aromatic carbocycles. The lowest BCUT2D eigenvalue weighted by atomic mass is 10.1. The molecule has 0 saturated carbocycles. The van der Waals surface area contributed by atoms with Crippen LogP contribution in [0.5, 0.6) is 0 Å². The second kappa shape index (κ2) is 6.06. The van der Waals surface area contributed by atoms with Crippen molar-refractivity contribution >= 4 is 11.7 Å². The number of hydrogen-bond donors (Lipinski definition) is 1. The van der Waals surface area contributed by atoms with Gasteiger partial charge in [-0.1, -0.05) is 6.07 Å². The summed E-state index contributed by atoms with van der Waals surface area (Å²) in [6.07, 6.45) is 4.64. The highest BCUT2D eigenvalue weighted by atomic mass is 16.2. The SMILES string of the molecule is Cc1ccc(C(C)NC(=O)C(=O)c2cccnc2)nc1. The summed E-state index contributed by atoms with van der Waals surface area (Å²) in [5.74, 6) is -1.26. The fourth-order valence-electron chi connectivity index (χ4n) is 1.70. The van der Waals surface area contributed by atoms with E-state index in [9.17, 15) is 9.59 Å². The summed E-state index contributed by atoms with van der Waals surface area (Å²) in [5.41, 5.74) is 2.02. The minimum absolute atomic E-state index is 0.272. The smallest absolute Gasteiger partial charge is 0.292 e. The minimum atomic E-state index is -0.659. The maximum Gasteiger partial charge on any atom is 0.292 e. The summed E-state index contributed by atoms with van der Waals surface area (Å²) in [7, 11) is 0.